The van der Waals surface area contributed by atoms with E-state index < -0.39 is 0 Å². The van der Waals surface area contributed by atoms with Crippen LogP contribution in [0.2, 0.25) is 0 Å². The summed E-state index contributed by atoms with van der Waals surface area (Å²) in [7, 11) is 1.88. The van der Waals surface area contributed by atoms with E-state index in [1.165, 1.54) is 0 Å². The van der Waals surface area contributed by atoms with E-state index in [0.29, 0.717) is 42.9 Å². The van der Waals surface area contributed by atoms with Gasteiger partial charge in [0, 0.05) is 46.0 Å². The molecule has 0 bridgehead atoms. The van der Waals surface area contributed by atoms with Gasteiger partial charge in [-0.05, 0) is 43.7 Å². The number of aromatic nitrogens is 3. The topological polar surface area (TPSA) is 82.6 Å². The van der Waals surface area contributed by atoms with Gasteiger partial charge in [-0.2, -0.15) is 4.98 Å². The second kappa shape index (κ2) is 8.87. The number of rotatable bonds is 7. The van der Waals surface area contributed by atoms with Crippen molar-refractivity contribution in [3.63, 3.8) is 0 Å². The van der Waals surface area contributed by atoms with Gasteiger partial charge in [0.25, 0.3) is 5.91 Å². The third-order valence-electron chi connectivity index (χ3n) is 5.61. The number of ether oxygens (including phenoxy) is 2. The van der Waals surface area contributed by atoms with E-state index >= 15 is 0 Å². The number of likely N-dealkylation sites (tertiary alicyclic amines) is 1. The van der Waals surface area contributed by atoms with Crippen LogP contribution in [0.3, 0.4) is 0 Å². The molecule has 1 amide bonds. The lowest BCUT2D eigenvalue weighted by atomic mass is 10.0. The minimum atomic E-state index is -0.146. The zero-order valence-corrected chi connectivity index (χ0v) is 16.4. The Morgan fingerprint density at radius 1 is 1.32 bits per heavy atom. The summed E-state index contributed by atoms with van der Waals surface area (Å²) in [4.78, 5) is 19.2. The fourth-order valence-electron chi connectivity index (χ4n) is 3.93. The molecule has 0 aliphatic carbocycles. The van der Waals surface area contributed by atoms with Gasteiger partial charge in [-0.15, -0.1) is 0 Å². The maximum absolute atomic E-state index is 12.9. The molecule has 2 fully saturated rings. The number of carbonyl (C=O) groups excluding carboxylic acids is 1. The summed E-state index contributed by atoms with van der Waals surface area (Å²) in [5.74, 6) is 1.76. The number of nitrogens with zero attached hydrogens (tertiary/aromatic N) is 4. The van der Waals surface area contributed by atoms with Crippen LogP contribution >= 0.6 is 0 Å². The van der Waals surface area contributed by atoms with Gasteiger partial charge in [0.2, 0.25) is 5.89 Å². The third kappa shape index (κ3) is 4.28. The van der Waals surface area contributed by atoms with E-state index in [9.17, 15) is 4.79 Å². The van der Waals surface area contributed by atoms with Crippen LogP contribution in [0.25, 0.3) is 0 Å². The molecule has 0 spiro atoms. The second-order valence-electron chi connectivity index (χ2n) is 7.59. The number of amides is 1. The Hall–Kier alpha value is -2.19. The van der Waals surface area contributed by atoms with Gasteiger partial charge in [-0.1, -0.05) is 5.16 Å². The molecule has 152 valence electrons. The van der Waals surface area contributed by atoms with Crippen molar-refractivity contribution in [2.24, 2.45) is 13.0 Å². The fraction of sp³-hybridized carbons (Fsp3) is 0.650. The molecule has 2 aromatic heterocycles. The van der Waals surface area contributed by atoms with Crippen LogP contribution in [0.1, 0.15) is 53.9 Å². The van der Waals surface area contributed by atoms with E-state index in [0.717, 1.165) is 45.5 Å². The molecule has 0 aromatic carbocycles. The van der Waals surface area contributed by atoms with Gasteiger partial charge < -0.3 is 23.5 Å². The summed E-state index contributed by atoms with van der Waals surface area (Å²) < 4.78 is 18.5. The molecule has 2 saturated heterocycles. The summed E-state index contributed by atoms with van der Waals surface area (Å²) >= 11 is 0. The molecule has 0 N–H and O–H groups in total. The highest BCUT2D eigenvalue weighted by Gasteiger charge is 2.35. The Kier molecular flexibility index (Phi) is 6.07. The van der Waals surface area contributed by atoms with Crippen molar-refractivity contribution in [1.82, 2.24) is 19.6 Å². The number of hydrogen-bond donors (Lipinski definition) is 0. The molecule has 0 radical (unpaired) electrons. The largest absolute Gasteiger partial charge is 0.381 e. The van der Waals surface area contributed by atoms with Gasteiger partial charge in [-0.25, -0.2) is 0 Å². The Labute approximate surface area is 164 Å². The highest BCUT2D eigenvalue weighted by Crippen LogP contribution is 2.32. The van der Waals surface area contributed by atoms with Crippen molar-refractivity contribution in [2.45, 2.75) is 38.1 Å². The maximum Gasteiger partial charge on any atom is 0.271 e. The second-order valence-corrected chi connectivity index (χ2v) is 7.59. The highest BCUT2D eigenvalue weighted by molar-refractivity contribution is 5.93. The smallest absolute Gasteiger partial charge is 0.271 e. The summed E-state index contributed by atoms with van der Waals surface area (Å²) in [5.41, 5.74) is 0.674. The predicted molar refractivity (Wildman–Crippen MR) is 101 cm³/mol. The zero-order valence-electron chi connectivity index (χ0n) is 16.4. The monoisotopic (exact) mass is 388 g/mol. The molecular weight excluding hydrogens is 360 g/mol. The van der Waals surface area contributed by atoms with Crippen molar-refractivity contribution in [2.75, 3.05) is 33.0 Å². The minimum Gasteiger partial charge on any atom is -0.381 e. The lowest BCUT2D eigenvalue weighted by Crippen LogP contribution is -2.32. The van der Waals surface area contributed by atoms with Crippen LogP contribution in [0, 0.1) is 5.92 Å². The molecule has 1 unspecified atom stereocenters. The van der Waals surface area contributed by atoms with Crippen molar-refractivity contribution in [3.05, 3.63) is 35.7 Å². The summed E-state index contributed by atoms with van der Waals surface area (Å²) in [6.07, 6.45) is 6.41. The van der Waals surface area contributed by atoms with Gasteiger partial charge in [0.1, 0.15) is 11.7 Å². The van der Waals surface area contributed by atoms with Crippen molar-refractivity contribution >= 4 is 5.91 Å². The standard InChI is InChI=1S/C20H28N4O4/c1-23-9-2-5-17(23)20(25)24-10-3-4-16(24)19-21-18(22-28-19)8-13-27-14-15-6-11-26-12-7-15/h2,5,9,15-16H,3-4,6-8,10-14H2,1H3. The van der Waals surface area contributed by atoms with Crippen LogP contribution in [0.5, 0.6) is 0 Å². The first-order valence-corrected chi connectivity index (χ1v) is 10.1. The van der Waals surface area contributed by atoms with Gasteiger partial charge in [0.15, 0.2) is 5.82 Å². The molecule has 0 saturated carbocycles. The van der Waals surface area contributed by atoms with E-state index in [1.807, 2.05) is 34.8 Å². The summed E-state index contributed by atoms with van der Waals surface area (Å²) in [5, 5.41) is 4.09. The summed E-state index contributed by atoms with van der Waals surface area (Å²) in [6.45, 7) is 3.71. The quantitative estimate of drug-likeness (QED) is 0.677. The Morgan fingerprint density at radius 3 is 2.96 bits per heavy atom. The van der Waals surface area contributed by atoms with Crippen LogP contribution in [0.4, 0.5) is 0 Å². The van der Waals surface area contributed by atoms with E-state index in [4.69, 9.17) is 14.0 Å². The third-order valence-corrected chi connectivity index (χ3v) is 5.61. The van der Waals surface area contributed by atoms with Crippen molar-refractivity contribution in [1.29, 1.82) is 0 Å². The predicted octanol–water partition coefficient (Wildman–Crippen LogP) is 2.37. The van der Waals surface area contributed by atoms with Crippen LogP contribution in [0.15, 0.2) is 22.9 Å². The first-order chi connectivity index (χ1) is 13.7. The van der Waals surface area contributed by atoms with Crippen LogP contribution in [-0.4, -0.2) is 58.5 Å². The Bertz CT molecular complexity index is 781. The molecule has 4 rings (SSSR count). The molecule has 1 atom stereocenters. The Balaban J connectivity index is 1.30. The lowest BCUT2D eigenvalue weighted by Gasteiger charge is -2.22. The maximum atomic E-state index is 12.9. The number of aryl methyl sites for hydroxylation is 1. The van der Waals surface area contributed by atoms with Crippen molar-refractivity contribution in [3.8, 4) is 0 Å². The Morgan fingerprint density at radius 2 is 2.18 bits per heavy atom. The molecular formula is C20H28N4O4. The highest BCUT2D eigenvalue weighted by atomic mass is 16.5. The average Bonchev–Trinajstić information content (AvgIpc) is 3.46. The molecule has 8 heteroatoms. The fourth-order valence-corrected chi connectivity index (χ4v) is 3.93. The molecule has 4 heterocycles. The molecule has 8 nitrogen and oxygen atoms in total. The van der Waals surface area contributed by atoms with E-state index in [2.05, 4.69) is 10.1 Å². The minimum absolute atomic E-state index is 0.00884. The van der Waals surface area contributed by atoms with Gasteiger partial charge in [0.05, 0.1) is 6.61 Å². The molecule has 2 aliphatic rings. The van der Waals surface area contributed by atoms with Gasteiger partial charge >= 0.3 is 0 Å². The van der Waals surface area contributed by atoms with E-state index in [-0.39, 0.29) is 11.9 Å². The number of carbonyl (C=O) groups is 1. The number of hydrogen-bond acceptors (Lipinski definition) is 6. The SMILES string of the molecule is Cn1cccc1C(=O)N1CCCC1c1nc(CCOCC2CCOCC2)no1. The van der Waals surface area contributed by atoms with Crippen LogP contribution in [-0.2, 0) is 22.9 Å². The van der Waals surface area contributed by atoms with Crippen LogP contribution < -0.4 is 0 Å². The van der Waals surface area contributed by atoms with Gasteiger partial charge in [-0.3, -0.25) is 4.79 Å². The zero-order chi connectivity index (χ0) is 19.3. The first-order valence-electron chi connectivity index (χ1n) is 10.1. The molecule has 28 heavy (non-hydrogen) atoms. The average molecular weight is 388 g/mol. The molecule has 2 aliphatic heterocycles. The molecule has 2 aromatic rings. The lowest BCUT2D eigenvalue weighted by molar-refractivity contribution is 0.0211. The normalized spacial score (nSPS) is 20.8. The first kappa shape index (κ1) is 19.1. The van der Waals surface area contributed by atoms with E-state index in [1.54, 1.807) is 0 Å². The summed E-state index contributed by atoms with van der Waals surface area (Å²) in [6, 6.07) is 3.57. The van der Waals surface area contributed by atoms with Crippen molar-refractivity contribution < 1.29 is 18.8 Å².